The maximum absolute atomic E-state index is 12.0. The standard InChI is InChI=1S/C7H8F3N3/c8-7(9,10)6-2-1-5(3-4-11)12-13-6/h1-2H,3-4,11H2. The van der Waals surface area contributed by atoms with E-state index in [1.54, 1.807) is 0 Å². The molecule has 0 amide bonds. The van der Waals surface area contributed by atoms with E-state index in [2.05, 4.69) is 10.2 Å². The molecule has 0 aromatic carbocycles. The average molecular weight is 191 g/mol. The first-order chi connectivity index (χ1) is 6.04. The molecule has 3 nitrogen and oxygen atoms in total. The van der Waals surface area contributed by atoms with E-state index < -0.39 is 11.9 Å². The van der Waals surface area contributed by atoms with Gasteiger partial charge in [0.05, 0.1) is 5.69 Å². The zero-order valence-electron chi connectivity index (χ0n) is 6.67. The number of hydrogen-bond acceptors (Lipinski definition) is 3. The highest BCUT2D eigenvalue weighted by atomic mass is 19.4. The van der Waals surface area contributed by atoms with Crippen molar-refractivity contribution in [3.05, 3.63) is 23.5 Å². The van der Waals surface area contributed by atoms with Gasteiger partial charge in [-0.1, -0.05) is 0 Å². The first-order valence-electron chi connectivity index (χ1n) is 3.64. The zero-order chi connectivity index (χ0) is 9.90. The van der Waals surface area contributed by atoms with Crippen LogP contribution in [0.5, 0.6) is 0 Å². The Hall–Kier alpha value is -1.17. The minimum atomic E-state index is -4.42. The maximum Gasteiger partial charge on any atom is 0.435 e. The van der Waals surface area contributed by atoms with Crippen LogP contribution in [0.15, 0.2) is 12.1 Å². The molecule has 6 heteroatoms. The first kappa shape index (κ1) is 9.91. The molecule has 0 saturated heterocycles. The van der Waals surface area contributed by atoms with Crippen LogP contribution < -0.4 is 5.73 Å². The Balaban J connectivity index is 2.81. The molecule has 1 aromatic rings. The van der Waals surface area contributed by atoms with Gasteiger partial charge < -0.3 is 5.73 Å². The monoisotopic (exact) mass is 191 g/mol. The molecule has 1 aromatic heterocycles. The average Bonchev–Trinajstić information content (AvgIpc) is 2.04. The van der Waals surface area contributed by atoms with Crippen LogP contribution in [0.3, 0.4) is 0 Å². The Morgan fingerprint density at radius 1 is 1.23 bits per heavy atom. The van der Waals surface area contributed by atoms with Crippen molar-refractivity contribution in [2.24, 2.45) is 5.73 Å². The van der Waals surface area contributed by atoms with E-state index in [1.165, 1.54) is 6.07 Å². The molecule has 1 heterocycles. The van der Waals surface area contributed by atoms with Crippen molar-refractivity contribution in [3.8, 4) is 0 Å². The molecular formula is C7H8F3N3. The Labute approximate surface area is 72.8 Å². The number of rotatable bonds is 2. The summed E-state index contributed by atoms with van der Waals surface area (Å²) in [5.41, 5.74) is 4.68. The molecule has 0 radical (unpaired) electrons. The second-order valence-electron chi connectivity index (χ2n) is 2.45. The van der Waals surface area contributed by atoms with Gasteiger partial charge in [0.15, 0.2) is 5.69 Å². The van der Waals surface area contributed by atoms with Gasteiger partial charge >= 0.3 is 6.18 Å². The van der Waals surface area contributed by atoms with Gasteiger partial charge in [-0.3, -0.25) is 0 Å². The molecule has 0 saturated carbocycles. The predicted octanol–water partition coefficient (Wildman–Crippen LogP) is 0.997. The SMILES string of the molecule is NCCc1ccc(C(F)(F)F)nn1. The molecule has 2 N–H and O–H groups in total. The lowest BCUT2D eigenvalue weighted by molar-refractivity contribution is -0.141. The second-order valence-corrected chi connectivity index (χ2v) is 2.45. The highest BCUT2D eigenvalue weighted by Crippen LogP contribution is 2.26. The summed E-state index contributed by atoms with van der Waals surface area (Å²) in [7, 11) is 0. The van der Waals surface area contributed by atoms with Crippen molar-refractivity contribution in [1.29, 1.82) is 0 Å². The van der Waals surface area contributed by atoms with Gasteiger partial charge in [-0.15, -0.1) is 5.10 Å². The van der Waals surface area contributed by atoms with Gasteiger partial charge in [0.25, 0.3) is 0 Å². The first-order valence-corrected chi connectivity index (χ1v) is 3.64. The second kappa shape index (κ2) is 3.69. The molecule has 1 rings (SSSR count). The van der Waals surface area contributed by atoms with Gasteiger partial charge in [0.1, 0.15) is 0 Å². The maximum atomic E-state index is 12.0. The summed E-state index contributed by atoms with van der Waals surface area (Å²) in [5, 5.41) is 6.42. The van der Waals surface area contributed by atoms with Crippen LogP contribution in [0.1, 0.15) is 11.4 Å². The minimum absolute atomic E-state index is 0.347. The van der Waals surface area contributed by atoms with Crippen LogP contribution in [-0.2, 0) is 12.6 Å². The van der Waals surface area contributed by atoms with Crippen molar-refractivity contribution in [2.45, 2.75) is 12.6 Å². The molecule has 0 atom stereocenters. The van der Waals surface area contributed by atoms with Gasteiger partial charge in [0.2, 0.25) is 0 Å². The lowest BCUT2D eigenvalue weighted by Crippen LogP contribution is -2.11. The number of halogens is 3. The van der Waals surface area contributed by atoms with Crippen molar-refractivity contribution in [3.63, 3.8) is 0 Å². The molecule has 0 aliphatic heterocycles. The lowest BCUT2D eigenvalue weighted by atomic mass is 10.3. The summed E-state index contributed by atoms with van der Waals surface area (Å²) in [5.74, 6) is 0. The zero-order valence-corrected chi connectivity index (χ0v) is 6.67. The van der Waals surface area contributed by atoms with Crippen LogP contribution in [0.25, 0.3) is 0 Å². The fourth-order valence-corrected chi connectivity index (χ4v) is 0.792. The topological polar surface area (TPSA) is 51.8 Å². The highest BCUT2D eigenvalue weighted by molar-refractivity contribution is 5.09. The van der Waals surface area contributed by atoms with E-state index in [0.717, 1.165) is 6.07 Å². The molecule has 72 valence electrons. The Kier molecular flexibility index (Phi) is 2.82. The number of nitrogens with zero attached hydrogens (tertiary/aromatic N) is 2. The Bertz CT molecular complexity index is 267. The van der Waals surface area contributed by atoms with Crippen LogP contribution in [-0.4, -0.2) is 16.7 Å². The quantitative estimate of drug-likeness (QED) is 0.758. The number of aromatic nitrogens is 2. The molecule has 13 heavy (non-hydrogen) atoms. The predicted molar refractivity (Wildman–Crippen MR) is 39.8 cm³/mol. The molecule has 0 aliphatic rings. The third-order valence-corrected chi connectivity index (χ3v) is 1.41. The van der Waals surface area contributed by atoms with E-state index in [9.17, 15) is 13.2 Å². The van der Waals surface area contributed by atoms with E-state index in [-0.39, 0.29) is 0 Å². The van der Waals surface area contributed by atoms with E-state index >= 15 is 0 Å². The van der Waals surface area contributed by atoms with Gasteiger partial charge in [0, 0.05) is 6.42 Å². The van der Waals surface area contributed by atoms with Crippen molar-refractivity contribution in [1.82, 2.24) is 10.2 Å². The van der Waals surface area contributed by atoms with E-state index in [0.29, 0.717) is 18.7 Å². The molecule has 0 unspecified atom stereocenters. The Morgan fingerprint density at radius 2 is 1.92 bits per heavy atom. The van der Waals surface area contributed by atoms with Crippen molar-refractivity contribution < 1.29 is 13.2 Å². The van der Waals surface area contributed by atoms with Crippen molar-refractivity contribution >= 4 is 0 Å². The lowest BCUT2D eigenvalue weighted by Gasteiger charge is -2.04. The van der Waals surface area contributed by atoms with Crippen LogP contribution in [0.2, 0.25) is 0 Å². The highest BCUT2D eigenvalue weighted by Gasteiger charge is 2.32. The third kappa shape index (κ3) is 2.66. The van der Waals surface area contributed by atoms with Gasteiger partial charge in [-0.25, -0.2) is 0 Å². The summed E-state index contributed by atoms with van der Waals surface area (Å²) < 4.78 is 35.9. The summed E-state index contributed by atoms with van der Waals surface area (Å²) in [6.45, 7) is 0.347. The molecule has 0 spiro atoms. The van der Waals surface area contributed by atoms with Crippen molar-refractivity contribution in [2.75, 3.05) is 6.54 Å². The minimum Gasteiger partial charge on any atom is -0.330 e. The summed E-state index contributed by atoms with van der Waals surface area (Å²) in [6, 6.07) is 2.18. The molecule has 0 fully saturated rings. The van der Waals surface area contributed by atoms with Crippen LogP contribution >= 0.6 is 0 Å². The van der Waals surface area contributed by atoms with Gasteiger partial charge in [-0.2, -0.15) is 18.3 Å². The molecule has 0 bridgehead atoms. The third-order valence-electron chi connectivity index (χ3n) is 1.41. The largest absolute Gasteiger partial charge is 0.435 e. The summed E-state index contributed by atoms with van der Waals surface area (Å²) >= 11 is 0. The van der Waals surface area contributed by atoms with E-state index in [1.807, 2.05) is 0 Å². The van der Waals surface area contributed by atoms with Gasteiger partial charge in [-0.05, 0) is 18.7 Å². The smallest absolute Gasteiger partial charge is 0.330 e. The Morgan fingerprint density at radius 3 is 2.31 bits per heavy atom. The number of hydrogen-bond donors (Lipinski definition) is 1. The summed E-state index contributed by atoms with van der Waals surface area (Å²) in [6.07, 6.45) is -3.99. The number of alkyl halides is 3. The molecular weight excluding hydrogens is 183 g/mol. The summed E-state index contributed by atoms with van der Waals surface area (Å²) in [4.78, 5) is 0. The fourth-order valence-electron chi connectivity index (χ4n) is 0.792. The van der Waals surface area contributed by atoms with Crippen LogP contribution in [0, 0.1) is 0 Å². The molecule has 0 aliphatic carbocycles. The van der Waals surface area contributed by atoms with Crippen LogP contribution in [0.4, 0.5) is 13.2 Å². The normalized spacial score (nSPS) is 11.7. The van der Waals surface area contributed by atoms with E-state index in [4.69, 9.17) is 5.73 Å². The fraction of sp³-hybridized carbons (Fsp3) is 0.429. The number of nitrogens with two attached hydrogens (primary N) is 1.